The average Bonchev–Trinajstić information content (AvgIpc) is 2.80. The minimum Gasteiger partial charge on any atom is -0.456 e. The van der Waals surface area contributed by atoms with Crippen molar-refractivity contribution in [3.63, 3.8) is 0 Å². The first kappa shape index (κ1) is 15.0. The fourth-order valence-electron chi connectivity index (χ4n) is 2.04. The molecule has 0 saturated heterocycles. The van der Waals surface area contributed by atoms with Gasteiger partial charge in [-0.05, 0) is 37.1 Å². The zero-order valence-electron chi connectivity index (χ0n) is 12.3. The number of esters is 1. The van der Waals surface area contributed by atoms with Crippen LogP contribution in [0.25, 0.3) is 0 Å². The summed E-state index contributed by atoms with van der Waals surface area (Å²) in [5.41, 5.74) is 7.79. The summed E-state index contributed by atoms with van der Waals surface area (Å²) in [6.07, 6.45) is 0.796. The monoisotopic (exact) mass is 291 g/mol. The number of nitrogens with zero attached hydrogens (tertiary/aromatic N) is 2. The van der Waals surface area contributed by atoms with Crippen molar-refractivity contribution < 1.29 is 13.9 Å². The Kier molecular flexibility index (Phi) is 4.26. The molecule has 21 heavy (non-hydrogen) atoms. The number of hydrogen-bond acceptors (Lipinski definition) is 4. The first-order valence-corrected chi connectivity index (χ1v) is 6.67. The van der Waals surface area contributed by atoms with Crippen molar-refractivity contribution in [3.8, 4) is 0 Å². The number of rotatable bonds is 4. The number of halogens is 1. The first-order valence-electron chi connectivity index (χ1n) is 6.67. The van der Waals surface area contributed by atoms with Gasteiger partial charge in [0.1, 0.15) is 12.4 Å². The van der Waals surface area contributed by atoms with Crippen molar-refractivity contribution in [2.24, 2.45) is 7.05 Å². The van der Waals surface area contributed by atoms with Gasteiger partial charge in [-0.25, -0.2) is 9.18 Å². The Hall–Kier alpha value is -2.37. The molecule has 0 aliphatic heterocycles. The third-order valence-electron chi connectivity index (χ3n) is 3.24. The van der Waals surface area contributed by atoms with E-state index in [0.717, 1.165) is 17.8 Å². The Balaban J connectivity index is 2.13. The molecule has 1 heterocycles. The van der Waals surface area contributed by atoms with Crippen LogP contribution in [-0.2, 0) is 24.8 Å². The molecule has 2 N–H and O–H groups in total. The molecule has 0 aliphatic rings. The number of hydrogen-bond donors (Lipinski definition) is 1. The minimum absolute atomic E-state index is 0.0373. The number of carbonyl (C=O) groups excluding carboxylic acids is 1. The van der Waals surface area contributed by atoms with Crippen molar-refractivity contribution in [1.82, 2.24) is 9.78 Å². The van der Waals surface area contributed by atoms with Crippen molar-refractivity contribution in [3.05, 3.63) is 46.5 Å². The molecule has 0 radical (unpaired) electrons. The number of carbonyl (C=O) groups is 1. The van der Waals surface area contributed by atoms with Crippen LogP contribution < -0.4 is 5.73 Å². The highest BCUT2D eigenvalue weighted by Crippen LogP contribution is 2.18. The van der Waals surface area contributed by atoms with Crippen LogP contribution in [-0.4, -0.2) is 15.7 Å². The van der Waals surface area contributed by atoms with Crippen LogP contribution >= 0.6 is 0 Å². The number of ether oxygens (including phenoxy) is 1. The largest absolute Gasteiger partial charge is 0.456 e. The molecule has 0 unspecified atom stereocenters. The number of anilines is 1. The van der Waals surface area contributed by atoms with E-state index in [4.69, 9.17) is 10.5 Å². The minimum atomic E-state index is -0.734. The molecule has 1 aromatic carbocycles. The van der Waals surface area contributed by atoms with Gasteiger partial charge in [0.05, 0.1) is 17.0 Å². The standard InChI is InChI=1S/C15H18FN3O2/c1-4-11-7-12(19(3)18-11)8-21-15(20)13-6-10(17)5-9(2)14(13)16/h5-7H,4,8,17H2,1-3H3. The van der Waals surface area contributed by atoms with Crippen molar-refractivity contribution in [2.45, 2.75) is 26.9 Å². The van der Waals surface area contributed by atoms with E-state index in [-0.39, 0.29) is 12.2 Å². The quantitative estimate of drug-likeness (QED) is 0.693. The number of aromatic nitrogens is 2. The maximum absolute atomic E-state index is 13.9. The predicted octanol–water partition coefficient (Wildman–Crippen LogP) is 2.37. The second kappa shape index (κ2) is 5.95. The summed E-state index contributed by atoms with van der Waals surface area (Å²) in [7, 11) is 1.77. The van der Waals surface area contributed by atoms with Gasteiger partial charge < -0.3 is 10.5 Å². The Morgan fingerprint density at radius 3 is 2.76 bits per heavy atom. The highest BCUT2D eigenvalue weighted by molar-refractivity contribution is 5.91. The topological polar surface area (TPSA) is 70.1 Å². The van der Waals surface area contributed by atoms with Crippen LogP contribution in [0.3, 0.4) is 0 Å². The predicted molar refractivity (Wildman–Crippen MR) is 77.3 cm³/mol. The zero-order valence-corrected chi connectivity index (χ0v) is 12.3. The summed E-state index contributed by atoms with van der Waals surface area (Å²) in [4.78, 5) is 12.0. The molecule has 0 aliphatic carbocycles. The summed E-state index contributed by atoms with van der Waals surface area (Å²) in [6, 6.07) is 4.61. The van der Waals surface area contributed by atoms with Gasteiger partial charge in [0.25, 0.3) is 0 Å². The molecule has 0 spiro atoms. The molecule has 0 bridgehead atoms. The normalized spacial score (nSPS) is 10.7. The molecule has 6 heteroatoms. The Morgan fingerprint density at radius 2 is 2.14 bits per heavy atom. The first-order chi connectivity index (χ1) is 9.92. The third-order valence-corrected chi connectivity index (χ3v) is 3.24. The second-order valence-electron chi connectivity index (χ2n) is 4.88. The van der Waals surface area contributed by atoms with E-state index in [9.17, 15) is 9.18 Å². The smallest absolute Gasteiger partial charge is 0.341 e. The molecule has 0 amide bonds. The summed E-state index contributed by atoms with van der Waals surface area (Å²) in [5.74, 6) is -1.34. The lowest BCUT2D eigenvalue weighted by Gasteiger charge is -2.08. The van der Waals surface area contributed by atoms with Gasteiger partial charge in [0.15, 0.2) is 0 Å². The highest BCUT2D eigenvalue weighted by Gasteiger charge is 2.17. The number of benzene rings is 1. The van der Waals surface area contributed by atoms with Crippen molar-refractivity contribution in [1.29, 1.82) is 0 Å². The number of nitrogen functional groups attached to an aromatic ring is 1. The van der Waals surface area contributed by atoms with Crippen LogP contribution in [0.2, 0.25) is 0 Å². The van der Waals surface area contributed by atoms with E-state index in [1.54, 1.807) is 18.7 Å². The van der Waals surface area contributed by atoms with Gasteiger partial charge in [-0.2, -0.15) is 5.10 Å². The maximum atomic E-state index is 13.9. The average molecular weight is 291 g/mol. The fraction of sp³-hybridized carbons (Fsp3) is 0.333. The third kappa shape index (κ3) is 3.21. The van der Waals surface area contributed by atoms with Crippen molar-refractivity contribution in [2.75, 3.05) is 5.73 Å². The highest BCUT2D eigenvalue weighted by atomic mass is 19.1. The molecular weight excluding hydrogens is 273 g/mol. The van der Waals surface area contributed by atoms with Crippen LogP contribution in [0.5, 0.6) is 0 Å². The Bertz CT molecular complexity index is 680. The molecule has 0 saturated carbocycles. The second-order valence-corrected chi connectivity index (χ2v) is 4.88. The molecule has 0 fully saturated rings. The van der Waals surface area contributed by atoms with E-state index >= 15 is 0 Å². The van der Waals surface area contributed by atoms with Crippen LogP contribution in [0, 0.1) is 12.7 Å². The van der Waals surface area contributed by atoms with Crippen molar-refractivity contribution >= 4 is 11.7 Å². The van der Waals surface area contributed by atoms with E-state index < -0.39 is 11.8 Å². The van der Waals surface area contributed by atoms with Gasteiger partial charge in [-0.1, -0.05) is 6.92 Å². The molecule has 5 nitrogen and oxygen atoms in total. The Labute approximate surface area is 122 Å². The fourth-order valence-corrected chi connectivity index (χ4v) is 2.04. The van der Waals surface area contributed by atoms with Gasteiger partial charge in [0.2, 0.25) is 0 Å². The summed E-state index contributed by atoms with van der Waals surface area (Å²) in [5, 5.41) is 4.26. The van der Waals surface area contributed by atoms with E-state index in [0.29, 0.717) is 11.3 Å². The SMILES string of the molecule is CCc1cc(COC(=O)c2cc(N)cc(C)c2F)n(C)n1. The molecule has 0 atom stereocenters. The molecule has 2 aromatic rings. The van der Waals surface area contributed by atoms with Crippen LogP contribution in [0.4, 0.5) is 10.1 Å². The molecule has 2 rings (SSSR count). The Morgan fingerprint density at radius 1 is 1.43 bits per heavy atom. The van der Waals surface area contributed by atoms with E-state index in [1.165, 1.54) is 12.1 Å². The summed E-state index contributed by atoms with van der Waals surface area (Å²) in [6.45, 7) is 3.58. The zero-order chi connectivity index (χ0) is 15.6. The number of nitrogens with two attached hydrogens (primary N) is 1. The number of aryl methyl sites for hydroxylation is 3. The molecular formula is C15H18FN3O2. The lowest BCUT2D eigenvalue weighted by molar-refractivity contribution is 0.0458. The van der Waals surface area contributed by atoms with Gasteiger partial charge in [-0.15, -0.1) is 0 Å². The molecule has 112 valence electrons. The van der Waals surface area contributed by atoms with Gasteiger partial charge >= 0.3 is 5.97 Å². The summed E-state index contributed by atoms with van der Waals surface area (Å²) >= 11 is 0. The molecule has 1 aromatic heterocycles. The van der Waals surface area contributed by atoms with Gasteiger partial charge in [-0.3, -0.25) is 4.68 Å². The summed E-state index contributed by atoms with van der Waals surface area (Å²) < 4.78 is 20.7. The van der Waals surface area contributed by atoms with Gasteiger partial charge in [0, 0.05) is 12.7 Å². The van der Waals surface area contributed by atoms with E-state index in [2.05, 4.69) is 5.10 Å². The maximum Gasteiger partial charge on any atom is 0.341 e. The lowest BCUT2D eigenvalue weighted by atomic mass is 10.1. The van der Waals surface area contributed by atoms with Crippen LogP contribution in [0.1, 0.15) is 34.2 Å². The lowest BCUT2D eigenvalue weighted by Crippen LogP contribution is -2.11. The van der Waals surface area contributed by atoms with E-state index in [1.807, 2.05) is 13.0 Å². The van der Waals surface area contributed by atoms with Crippen LogP contribution in [0.15, 0.2) is 18.2 Å².